The Morgan fingerprint density at radius 2 is 2.00 bits per heavy atom. The maximum absolute atomic E-state index is 13.0. The van der Waals surface area contributed by atoms with Crippen molar-refractivity contribution in [2.45, 2.75) is 46.7 Å². The minimum absolute atomic E-state index is 0.0427. The van der Waals surface area contributed by atoms with Crippen LogP contribution in [0.2, 0.25) is 0 Å². The van der Waals surface area contributed by atoms with E-state index in [2.05, 4.69) is 27.9 Å². The second-order valence-corrected chi connectivity index (χ2v) is 6.66. The zero-order valence-corrected chi connectivity index (χ0v) is 15.5. The van der Waals surface area contributed by atoms with Crippen LogP contribution in [0.15, 0.2) is 12.1 Å². The van der Waals surface area contributed by atoms with E-state index in [1.165, 1.54) is 0 Å². The van der Waals surface area contributed by atoms with Crippen LogP contribution in [0, 0.1) is 20.8 Å². The monoisotopic (exact) mass is 345 g/mol. The molecule has 0 saturated carbocycles. The molecule has 0 aliphatic carbocycles. The summed E-state index contributed by atoms with van der Waals surface area (Å²) in [5.74, 6) is 0.0427. The predicted molar refractivity (Wildman–Crippen MR) is 94.7 cm³/mol. The van der Waals surface area contributed by atoms with Gasteiger partial charge in [0.1, 0.15) is 5.69 Å². The normalized spacial score (nSPS) is 17.4. The number of hydrogen-bond donors (Lipinski definition) is 0. The van der Waals surface area contributed by atoms with E-state index in [1.807, 2.05) is 31.7 Å². The van der Waals surface area contributed by atoms with Crippen molar-refractivity contribution in [3.8, 4) is 0 Å². The van der Waals surface area contributed by atoms with E-state index in [9.17, 15) is 4.79 Å². The smallest absolute Gasteiger partial charge is 0.272 e. The zero-order valence-electron chi connectivity index (χ0n) is 15.5. The highest BCUT2D eigenvalue weighted by Gasteiger charge is 2.31. The van der Waals surface area contributed by atoms with Crippen molar-refractivity contribution in [2.24, 2.45) is 0 Å². The summed E-state index contributed by atoms with van der Waals surface area (Å²) < 4.78 is 9.22. The van der Waals surface area contributed by atoms with Gasteiger partial charge in [0.25, 0.3) is 5.91 Å². The van der Waals surface area contributed by atoms with Crippen molar-refractivity contribution in [2.75, 3.05) is 26.3 Å². The molecule has 136 valence electrons. The summed E-state index contributed by atoms with van der Waals surface area (Å²) in [6, 6.07) is 4.19. The van der Waals surface area contributed by atoms with Crippen molar-refractivity contribution in [3.63, 3.8) is 0 Å². The Bertz CT molecular complexity index is 749. The Balaban J connectivity index is 1.71. The highest BCUT2D eigenvalue weighted by atomic mass is 16.5. The lowest BCUT2D eigenvalue weighted by Crippen LogP contribution is -2.31. The van der Waals surface area contributed by atoms with E-state index >= 15 is 0 Å². The van der Waals surface area contributed by atoms with Crippen molar-refractivity contribution < 1.29 is 9.53 Å². The van der Waals surface area contributed by atoms with Gasteiger partial charge in [-0.15, -0.1) is 0 Å². The first-order chi connectivity index (χ1) is 12.0. The summed E-state index contributed by atoms with van der Waals surface area (Å²) >= 11 is 0. The molecule has 1 fully saturated rings. The number of nitrogens with zero attached hydrogens (tertiary/aromatic N) is 5. The number of aromatic nitrogens is 4. The minimum Gasteiger partial charge on any atom is -0.380 e. The van der Waals surface area contributed by atoms with Gasteiger partial charge in [0.05, 0.1) is 30.6 Å². The maximum atomic E-state index is 13.0. The number of hydrogen-bond acceptors (Lipinski definition) is 4. The molecule has 3 rings (SSSR count). The third kappa shape index (κ3) is 3.76. The number of aryl methyl sites for hydroxylation is 3. The van der Waals surface area contributed by atoms with Crippen LogP contribution in [0.25, 0.3) is 0 Å². The summed E-state index contributed by atoms with van der Waals surface area (Å²) in [4.78, 5) is 14.9. The Labute approximate surface area is 148 Å². The molecule has 1 aliphatic rings. The molecule has 1 aliphatic heterocycles. The lowest BCUT2D eigenvalue weighted by molar-refractivity contribution is 0.0768. The van der Waals surface area contributed by atoms with Crippen LogP contribution in [-0.2, 0) is 11.3 Å². The predicted octanol–water partition coefficient (Wildman–Crippen LogP) is 2.13. The van der Waals surface area contributed by atoms with Gasteiger partial charge in [-0.05, 0) is 46.2 Å². The molecule has 7 heteroatoms. The molecule has 3 heterocycles. The van der Waals surface area contributed by atoms with Gasteiger partial charge >= 0.3 is 0 Å². The summed E-state index contributed by atoms with van der Waals surface area (Å²) in [7, 11) is 0. The first-order valence-corrected chi connectivity index (χ1v) is 8.93. The SMILES string of the molecule is CCOCCn1nc(C)cc1C(=O)N1CC[C@@H](n2nc(C)cc2C)C1. The lowest BCUT2D eigenvalue weighted by atomic mass is 10.2. The van der Waals surface area contributed by atoms with Gasteiger partial charge < -0.3 is 9.64 Å². The van der Waals surface area contributed by atoms with E-state index in [-0.39, 0.29) is 11.9 Å². The number of carbonyl (C=O) groups is 1. The largest absolute Gasteiger partial charge is 0.380 e. The zero-order chi connectivity index (χ0) is 18.0. The Hall–Kier alpha value is -2.15. The van der Waals surface area contributed by atoms with Crippen LogP contribution in [0.4, 0.5) is 0 Å². The van der Waals surface area contributed by atoms with Crippen molar-refractivity contribution in [3.05, 3.63) is 34.9 Å². The average molecular weight is 345 g/mol. The standard InChI is InChI=1S/C18H27N5O2/c1-5-25-9-8-22-17(11-14(3)19-22)18(24)21-7-6-16(12-21)23-15(4)10-13(2)20-23/h10-11,16H,5-9,12H2,1-4H3/t16-/m1/s1. The van der Waals surface area contributed by atoms with Crippen LogP contribution < -0.4 is 0 Å². The van der Waals surface area contributed by atoms with Gasteiger partial charge in [-0.3, -0.25) is 14.2 Å². The van der Waals surface area contributed by atoms with Crippen molar-refractivity contribution in [1.29, 1.82) is 0 Å². The van der Waals surface area contributed by atoms with E-state index in [1.54, 1.807) is 4.68 Å². The van der Waals surface area contributed by atoms with E-state index in [0.717, 1.165) is 30.0 Å². The third-order valence-electron chi connectivity index (χ3n) is 4.61. The van der Waals surface area contributed by atoms with Gasteiger partial charge in [0.15, 0.2) is 0 Å². The number of ether oxygens (including phenoxy) is 1. The van der Waals surface area contributed by atoms with Gasteiger partial charge in [-0.1, -0.05) is 0 Å². The highest BCUT2D eigenvalue weighted by molar-refractivity contribution is 5.93. The van der Waals surface area contributed by atoms with Crippen molar-refractivity contribution >= 4 is 5.91 Å². The minimum atomic E-state index is 0.0427. The molecule has 2 aromatic heterocycles. The fraction of sp³-hybridized carbons (Fsp3) is 0.611. The summed E-state index contributed by atoms with van der Waals surface area (Å²) in [6.07, 6.45) is 0.930. The molecule has 0 bridgehead atoms. The van der Waals surface area contributed by atoms with Crippen LogP contribution >= 0.6 is 0 Å². The van der Waals surface area contributed by atoms with E-state index < -0.39 is 0 Å². The Morgan fingerprint density at radius 1 is 1.24 bits per heavy atom. The van der Waals surface area contributed by atoms with Crippen LogP contribution in [0.5, 0.6) is 0 Å². The lowest BCUT2D eigenvalue weighted by Gasteiger charge is -2.18. The Kier molecular flexibility index (Phi) is 5.22. The molecular formula is C18H27N5O2. The molecule has 1 amide bonds. The maximum Gasteiger partial charge on any atom is 0.272 e. The fourth-order valence-electron chi connectivity index (χ4n) is 3.49. The summed E-state index contributed by atoms with van der Waals surface area (Å²) in [5, 5.41) is 9.02. The molecule has 25 heavy (non-hydrogen) atoms. The Morgan fingerprint density at radius 3 is 2.68 bits per heavy atom. The molecule has 0 spiro atoms. The molecule has 7 nitrogen and oxygen atoms in total. The molecule has 0 unspecified atom stereocenters. The van der Waals surface area contributed by atoms with Gasteiger partial charge in [-0.25, -0.2) is 0 Å². The molecule has 0 radical (unpaired) electrons. The number of rotatable bonds is 6. The molecular weight excluding hydrogens is 318 g/mol. The van der Waals surface area contributed by atoms with Gasteiger partial charge in [-0.2, -0.15) is 10.2 Å². The molecule has 1 saturated heterocycles. The average Bonchev–Trinajstić information content (AvgIpc) is 3.26. The molecule has 1 atom stereocenters. The van der Waals surface area contributed by atoms with Crippen LogP contribution in [0.3, 0.4) is 0 Å². The van der Waals surface area contributed by atoms with Gasteiger partial charge in [0, 0.05) is 25.4 Å². The topological polar surface area (TPSA) is 65.2 Å². The number of likely N-dealkylation sites (tertiary alicyclic amines) is 1. The summed E-state index contributed by atoms with van der Waals surface area (Å²) in [5.41, 5.74) is 3.67. The molecule has 0 aromatic carbocycles. The first-order valence-electron chi connectivity index (χ1n) is 8.93. The first kappa shape index (κ1) is 17.7. The van der Waals surface area contributed by atoms with Crippen molar-refractivity contribution in [1.82, 2.24) is 24.5 Å². The quantitative estimate of drug-likeness (QED) is 0.752. The van der Waals surface area contributed by atoms with Crippen LogP contribution in [0.1, 0.15) is 47.0 Å². The highest BCUT2D eigenvalue weighted by Crippen LogP contribution is 2.24. The van der Waals surface area contributed by atoms with E-state index in [0.29, 0.717) is 32.0 Å². The second kappa shape index (κ2) is 7.39. The van der Waals surface area contributed by atoms with Crippen LogP contribution in [-0.4, -0.2) is 56.7 Å². The third-order valence-corrected chi connectivity index (χ3v) is 4.61. The number of carbonyl (C=O) groups excluding carboxylic acids is 1. The number of amides is 1. The summed E-state index contributed by atoms with van der Waals surface area (Å²) in [6.45, 7) is 11.2. The molecule has 2 aromatic rings. The van der Waals surface area contributed by atoms with E-state index in [4.69, 9.17) is 4.74 Å². The molecule has 0 N–H and O–H groups in total. The van der Waals surface area contributed by atoms with Gasteiger partial charge in [0.2, 0.25) is 0 Å². The second-order valence-electron chi connectivity index (χ2n) is 6.66. The fourth-order valence-corrected chi connectivity index (χ4v) is 3.49.